The third kappa shape index (κ3) is 5.84. The van der Waals surface area contributed by atoms with Crippen LogP contribution in [0.5, 0.6) is 0 Å². The standard InChI is InChI=1S/C25H31FN4O2/c26-22-9-6-20(7-10-22)18-25(32)30-13-3-4-21(19-30)8-11-24(31)29-16-14-28(15-17-29)23-5-1-2-12-27-23/h1-2,5-7,9-10,12,21H,3-4,8,11,13-19H2/t21-/m0/s1. The van der Waals surface area contributed by atoms with Gasteiger partial charge in [0.25, 0.3) is 0 Å². The van der Waals surface area contributed by atoms with Crippen molar-refractivity contribution >= 4 is 17.6 Å². The molecule has 0 bridgehead atoms. The van der Waals surface area contributed by atoms with Crippen molar-refractivity contribution in [2.45, 2.75) is 32.1 Å². The van der Waals surface area contributed by atoms with Gasteiger partial charge in [-0.25, -0.2) is 9.37 Å². The van der Waals surface area contributed by atoms with Gasteiger partial charge >= 0.3 is 0 Å². The van der Waals surface area contributed by atoms with Crippen molar-refractivity contribution in [3.8, 4) is 0 Å². The van der Waals surface area contributed by atoms with Gasteiger partial charge < -0.3 is 14.7 Å². The van der Waals surface area contributed by atoms with Crippen LogP contribution in [0, 0.1) is 11.7 Å². The number of carbonyl (C=O) groups excluding carboxylic acids is 2. The number of aromatic nitrogens is 1. The molecule has 1 aromatic carbocycles. The molecular weight excluding hydrogens is 407 g/mol. The maximum absolute atomic E-state index is 13.1. The summed E-state index contributed by atoms with van der Waals surface area (Å²) in [6.07, 6.45) is 5.48. The van der Waals surface area contributed by atoms with E-state index in [2.05, 4.69) is 9.88 Å². The zero-order valence-electron chi connectivity index (χ0n) is 18.5. The Kier molecular flexibility index (Phi) is 7.35. The molecule has 2 fully saturated rings. The number of pyridine rings is 1. The van der Waals surface area contributed by atoms with Gasteiger partial charge in [-0.2, -0.15) is 0 Å². The molecule has 1 aromatic heterocycles. The minimum absolute atomic E-state index is 0.0817. The Morgan fingerprint density at radius 1 is 0.938 bits per heavy atom. The number of anilines is 1. The van der Waals surface area contributed by atoms with Crippen molar-refractivity contribution in [2.24, 2.45) is 5.92 Å². The van der Waals surface area contributed by atoms with Gasteiger partial charge in [0.15, 0.2) is 0 Å². The lowest BCUT2D eigenvalue weighted by atomic mass is 9.92. The van der Waals surface area contributed by atoms with Crippen molar-refractivity contribution in [3.05, 3.63) is 60.0 Å². The summed E-state index contributed by atoms with van der Waals surface area (Å²) in [5.74, 6) is 1.33. The second-order valence-electron chi connectivity index (χ2n) is 8.75. The normalized spacial score (nSPS) is 19.2. The number of rotatable bonds is 6. The Morgan fingerprint density at radius 3 is 2.44 bits per heavy atom. The Balaban J connectivity index is 1.20. The van der Waals surface area contributed by atoms with Gasteiger partial charge in [-0.1, -0.05) is 18.2 Å². The molecule has 170 valence electrons. The van der Waals surface area contributed by atoms with E-state index in [4.69, 9.17) is 0 Å². The van der Waals surface area contributed by atoms with E-state index in [1.807, 2.05) is 28.0 Å². The maximum Gasteiger partial charge on any atom is 0.226 e. The smallest absolute Gasteiger partial charge is 0.226 e. The van der Waals surface area contributed by atoms with E-state index in [1.165, 1.54) is 12.1 Å². The molecule has 2 saturated heterocycles. The Morgan fingerprint density at radius 2 is 1.72 bits per heavy atom. The van der Waals surface area contributed by atoms with Crippen molar-refractivity contribution < 1.29 is 14.0 Å². The van der Waals surface area contributed by atoms with E-state index < -0.39 is 0 Å². The molecule has 32 heavy (non-hydrogen) atoms. The van der Waals surface area contributed by atoms with Crippen molar-refractivity contribution in [1.29, 1.82) is 0 Å². The van der Waals surface area contributed by atoms with Crippen LogP contribution in [0.2, 0.25) is 0 Å². The summed E-state index contributed by atoms with van der Waals surface area (Å²) in [6, 6.07) is 12.0. The lowest BCUT2D eigenvalue weighted by Crippen LogP contribution is -2.49. The monoisotopic (exact) mass is 438 g/mol. The highest BCUT2D eigenvalue weighted by Gasteiger charge is 2.26. The van der Waals surface area contributed by atoms with Crippen LogP contribution < -0.4 is 4.90 Å². The van der Waals surface area contributed by atoms with Gasteiger partial charge in [0.1, 0.15) is 11.6 Å². The van der Waals surface area contributed by atoms with Crippen molar-refractivity contribution in [2.75, 3.05) is 44.2 Å². The van der Waals surface area contributed by atoms with Crippen LogP contribution >= 0.6 is 0 Å². The first-order chi connectivity index (χ1) is 15.6. The van der Waals surface area contributed by atoms with Crippen molar-refractivity contribution in [3.63, 3.8) is 0 Å². The number of piperidine rings is 1. The molecule has 0 spiro atoms. The largest absolute Gasteiger partial charge is 0.353 e. The van der Waals surface area contributed by atoms with Crippen LogP contribution in [-0.2, 0) is 16.0 Å². The molecule has 0 saturated carbocycles. The second-order valence-corrected chi connectivity index (χ2v) is 8.75. The summed E-state index contributed by atoms with van der Waals surface area (Å²) >= 11 is 0. The summed E-state index contributed by atoms with van der Waals surface area (Å²) in [5.41, 5.74) is 0.832. The quantitative estimate of drug-likeness (QED) is 0.695. The third-order valence-corrected chi connectivity index (χ3v) is 6.51. The van der Waals surface area contributed by atoms with Crippen LogP contribution in [-0.4, -0.2) is 65.9 Å². The number of halogens is 1. The van der Waals surface area contributed by atoms with Gasteiger partial charge in [-0.3, -0.25) is 9.59 Å². The van der Waals surface area contributed by atoms with Gasteiger partial charge in [0.2, 0.25) is 11.8 Å². The Hall–Kier alpha value is -2.96. The highest BCUT2D eigenvalue weighted by atomic mass is 19.1. The number of hydrogen-bond donors (Lipinski definition) is 0. The zero-order chi connectivity index (χ0) is 22.3. The number of piperazine rings is 1. The summed E-state index contributed by atoms with van der Waals surface area (Å²) in [7, 11) is 0. The SMILES string of the molecule is O=C(CC[C@@H]1CCCN(C(=O)Cc2ccc(F)cc2)C1)N1CCN(c2ccccn2)CC1. The zero-order valence-corrected chi connectivity index (χ0v) is 18.5. The molecule has 2 aromatic rings. The summed E-state index contributed by atoms with van der Waals surface area (Å²) in [4.78, 5) is 35.9. The van der Waals surface area contributed by atoms with Gasteiger partial charge in [0, 0.05) is 51.9 Å². The van der Waals surface area contributed by atoms with Gasteiger partial charge in [0.05, 0.1) is 6.42 Å². The van der Waals surface area contributed by atoms with E-state index in [-0.39, 0.29) is 17.6 Å². The van der Waals surface area contributed by atoms with E-state index in [0.717, 1.165) is 63.4 Å². The first-order valence-corrected chi connectivity index (χ1v) is 11.5. The number of hydrogen-bond acceptors (Lipinski definition) is 4. The van der Waals surface area contributed by atoms with Crippen LogP contribution in [0.1, 0.15) is 31.2 Å². The van der Waals surface area contributed by atoms with Gasteiger partial charge in [-0.15, -0.1) is 0 Å². The molecule has 0 N–H and O–H groups in total. The summed E-state index contributed by atoms with van der Waals surface area (Å²) in [6.45, 7) is 4.53. The molecule has 4 rings (SSSR count). The number of carbonyl (C=O) groups is 2. The van der Waals surface area contributed by atoms with Crippen LogP contribution in [0.3, 0.4) is 0 Å². The van der Waals surface area contributed by atoms with E-state index in [0.29, 0.717) is 25.3 Å². The Bertz CT molecular complexity index is 898. The molecule has 7 heteroatoms. The Labute approximate surface area is 189 Å². The minimum atomic E-state index is -0.290. The van der Waals surface area contributed by atoms with Crippen LogP contribution in [0.25, 0.3) is 0 Å². The number of benzene rings is 1. The lowest BCUT2D eigenvalue weighted by Gasteiger charge is -2.36. The van der Waals surface area contributed by atoms with Crippen LogP contribution in [0.15, 0.2) is 48.7 Å². The molecule has 3 heterocycles. The van der Waals surface area contributed by atoms with Crippen LogP contribution in [0.4, 0.5) is 10.2 Å². The molecule has 1 atom stereocenters. The fraction of sp³-hybridized carbons (Fsp3) is 0.480. The first-order valence-electron chi connectivity index (χ1n) is 11.5. The number of amides is 2. The molecule has 2 aliphatic heterocycles. The molecule has 2 amide bonds. The predicted octanol–water partition coefficient (Wildman–Crippen LogP) is 3.13. The predicted molar refractivity (Wildman–Crippen MR) is 122 cm³/mol. The first kappa shape index (κ1) is 22.2. The molecule has 0 radical (unpaired) electrons. The third-order valence-electron chi connectivity index (χ3n) is 6.51. The highest BCUT2D eigenvalue weighted by molar-refractivity contribution is 5.79. The topological polar surface area (TPSA) is 56.8 Å². The number of likely N-dealkylation sites (tertiary alicyclic amines) is 1. The minimum Gasteiger partial charge on any atom is -0.353 e. The summed E-state index contributed by atoms with van der Waals surface area (Å²) in [5, 5.41) is 0. The molecule has 6 nitrogen and oxygen atoms in total. The van der Waals surface area contributed by atoms with Gasteiger partial charge in [-0.05, 0) is 55.0 Å². The average Bonchev–Trinajstić information content (AvgIpc) is 2.85. The lowest BCUT2D eigenvalue weighted by molar-refractivity contribution is -0.132. The molecule has 0 aliphatic carbocycles. The maximum atomic E-state index is 13.1. The molecule has 0 unspecified atom stereocenters. The second kappa shape index (κ2) is 10.6. The fourth-order valence-electron chi connectivity index (χ4n) is 4.63. The van der Waals surface area contributed by atoms with E-state index >= 15 is 0 Å². The molecule has 2 aliphatic rings. The van der Waals surface area contributed by atoms with E-state index in [9.17, 15) is 14.0 Å². The fourth-order valence-corrected chi connectivity index (χ4v) is 4.63. The number of nitrogens with zero attached hydrogens (tertiary/aromatic N) is 4. The summed E-state index contributed by atoms with van der Waals surface area (Å²) < 4.78 is 13.1. The average molecular weight is 439 g/mol. The van der Waals surface area contributed by atoms with Crippen molar-refractivity contribution in [1.82, 2.24) is 14.8 Å². The molecular formula is C25H31FN4O2. The van der Waals surface area contributed by atoms with E-state index in [1.54, 1.807) is 18.3 Å². The highest BCUT2D eigenvalue weighted by Crippen LogP contribution is 2.23.